The molecular weight excluding hydrogens is 206 g/mol. The molecule has 0 saturated carbocycles. The summed E-state index contributed by atoms with van der Waals surface area (Å²) in [4.78, 5) is 24.3. The lowest BCUT2D eigenvalue weighted by Gasteiger charge is -2.19. The van der Waals surface area contributed by atoms with Gasteiger partial charge in [-0.3, -0.25) is 9.59 Å². The Morgan fingerprint density at radius 1 is 1.62 bits per heavy atom. The molecule has 0 saturated heterocycles. The van der Waals surface area contributed by atoms with Crippen molar-refractivity contribution in [2.75, 3.05) is 13.6 Å². The van der Waals surface area contributed by atoms with Gasteiger partial charge in [0.2, 0.25) is 5.91 Å². The third kappa shape index (κ3) is 3.49. The van der Waals surface area contributed by atoms with Gasteiger partial charge in [0.25, 0.3) is 5.91 Å². The van der Waals surface area contributed by atoms with Crippen LogP contribution in [0.2, 0.25) is 0 Å². The van der Waals surface area contributed by atoms with Gasteiger partial charge >= 0.3 is 0 Å². The van der Waals surface area contributed by atoms with Crippen molar-refractivity contribution < 1.29 is 9.59 Å². The van der Waals surface area contributed by atoms with Crippen molar-refractivity contribution in [3.05, 3.63) is 12.7 Å². The number of amides is 2. The third-order valence-electron chi connectivity index (χ3n) is 2.40. The average molecular weight is 223 g/mol. The van der Waals surface area contributed by atoms with E-state index in [1.807, 2.05) is 6.08 Å². The van der Waals surface area contributed by atoms with Crippen molar-refractivity contribution in [2.24, 2.45) is 5.10 Å². The number of carbonyl (C=O) groups excluding carboxylic acids is 2. The lowest BCUT2D eigenvalue weighted by Crippen LogP contribution is -2.38. The summed E-state index contributed by atoms with van der Waals surface area (Å²) in [6.07, 6.45) is 4.38. The summed E-state index contributed by atoms with van der Waals surface area (Å²) in [6.45, 7) is 4.30. The van der Waals surface area contributed by atoms with Crippen LogP contribution in [-0.4, -0.2) is 36.0 Å². The fourth-order valence-electron chi connectivity index (χ4n) is 1.42. The van der Waals surface area contributed by atoms with E-state index in [0.29, 0.717) is 25.1 Å². The Labute approximate surface area is 95.2 Å². The molecule has 0 aliphatic carbocycles. The maximum atomic E-state index is 11.8. The first-order valence-electron chi connectivity index (χ1n) is 5.37. The molecule has 2 amide bonds. The van der Waals surface area contributed by atoms with Gasteiger partial charge in [-0.25, -0.2) is 5.43 Å². The normalized spacial score (nSPS) is 15.1. The van der Waals surface area contributed by atoms with Crippen LogP contribution in [0.15, 0.2) is 17.8 Å². The smallest absolute Gasteiger partial charge is 0.269 e. The molecule has 0 radical (unpaired) electrons. The summed E-state index contributed by atoms with van der Waals surface area (Å²) in [7, 11) is 1.74. The Morgan fingerprint density at radius 3 is 2.94 bits per heavy atom. The third-order valence-corrected chi connectivity index (χ3v) is 2.40. The monoisotopic (exact) mass is 223 g/mol. The van der Waals surface area contributed by atoms with Crippen LogP contribution in [0.4, 0.5) is 0 Å². The molecule has 5 heteroatoms. The van der Waals surface area contributed by atoms with Crippen LogP contribution in [0.5, 0.6) is 0 Å². The van der Waals surface area contributed by atoms with E-state index < -0.39 is 0 Å². The number of unbranched alkanes of at least 4 members (excludes halogenated alkanes) is 1. The van der Waals surface area contributed by atoms with E-state index in [4.69, 9.17) is 0 Å². The Kier molecular flexibility index (Phi) is 4.69. The number of carbonyl (C=O) groups is 2. The molecule has 0 aromatic heterocycles. The highest BCUT2D eigenvalue weighted by Gasteiger charge is 2.20. The Hall–Kier alpha value is -1.65. The predicted octanol–water partition coefficient (Wildman–Crippen LogP) is 0.677. The molecule has 0 spiro atoms. The second-order valence-corrected chi connectivity index (χ2v) is 3.75. The van der Waals surface area contributed by atoms with E-state index >= 15 is 0 Å². The lowest BCUT2D eigenvalue weighted by molar-refractivity contribution is -0.123. The first-order chi connectivity index (χ1) is 7.65. The van der Waals surface area contributed by atoms with Crippen LogP contribution in [0.1, 0.15) is 25.7 Å². The van der Waals surface area contributed by atoms with Gasteiger partial charge in [-0.1, -0.05) is 6.08 Å². The van der Waals surface area contributed by atoms with Gasteiger partial charge in [-0.15, -0.1) is 6.58 Å². The molecule has 0 aromatic rings. The molecule has 88 valence electrons. The van der Waals surface area contributed by atoms with E-state index in [1.165, 1.54) is 0 Å². The van der Waals surface area contributed by atoms with E-state index in [-0.39, 0.29) is 11.8 Å². The van der Waals surface area contributed by atoms with Gasteiger partial charge in [0.05, 0.1) is 0 Å². The first-order valence-corrected chi connectivity index (χ1v) is 5.37. The quantitative estimate of drug-likeness (QED) is 0.550. The van der Waals surface area contributed by atoms with Crippen LogP contribution in [0.25, 0.3) is 0 Å². The number of nitrogens with zero attached hydrogens (tertiary/aromatic N) is 2. The molecule has 0 bridgehead atoms. The van der Waals surface area contributed by atoms with Gasteiger partial charge in [0.15, 0.2) is 0 Å². The van der Waals surface area contributed by atoms with Crippen molar-refractivity contribution >= 4 is 17.5 Å². The van der Waals surface area contributed by atoms with Gasteiger partial charge < -0.3 is 4.90 Å². The summed E-state index contributed by atoms with van der Waals surface area (Å²) in [5, 5.41) is 3.77. The largest absolute Gasteiger partial charge is 0.341 e. The van der Waals surface area contributed by atoms with Gasteiger partial charge in [0, 0.05) is 26.4 Å². The molecule has 5 nitrogen and oxygen atoms in total. The SMILES string of the molecule is C=CCCCN(C)C(=O)C1=NNC(=O)CC1. The van der Waals surface area contributed by atoms with Crippen molar-refractivity contribution in [1.82, 2.24) is 10.3 Å². The zero-order chi connectivity index (χ0) is 12.0. The lowest BCUT2D eigenvalue weighted by atomic mass is 10.1. The molecule has 0 fully saturated rings. The topological polar surface area (TPSA) is 61.8 Å². The maximum absolute atomic E-state index is 11.8. The van der Waals surface area contributed by atoms with Gasteiger partial charge in [0.1, 0.15) is 5.71 Å². The minimum Gasteiger partial charge on any atom is -0.341 e. The number of hydrogen-bond donors (Lipinski definition) is 1. The van der Waals surface area contributed by atoms with Gasteiger partial charge in [-0.2, -0.15) is 5.10 Å². The molecule has 0 aromatic carbocycles. The number of nitrogens with one attached hydrogen (secondary N) is 1. The zero-order valence-electron chi connectivity index (χ0n) is 9.53. The van der Waals surface area contributed by atoms with E-state index in [0.717, 1.165) is 12.8 Å². The second-order valence-electron chi connectivity index (χ2n) is 3.75. The number of allylic oxidation sites excluding steroid dienone is 1. The average Bonchev–Trinajstić information content (AvgIpc) is 2.29. The highest BCUT2D eigenvalue weighted by Crippen LogP contribution is 2.03. The number of hydrazone groups is 1. The summed E-state index contributed by atoms with van der Waals surface area (Å²) in [5.74, 6) is -0.241. The maximum Gasteiger partial charge on any atom is 0.269 e. The van der Waals surface area contributed by atoms with Crippen molar-refractivity contribution in [3.8, 4) is 0 Å². The van der Waals surface area contributed by atoms with Crippen molar-refractivity contribution in [2.45, 2.75) is 25.7 Å². The molecule has 0 unspecified atom stereocenters. The first kappa shape index (κ1) is 12.4. The molecular formula is C11H17N3O2. The number of rotatable bonds is 5. The zero-order valence-corrected chi connectivity index (χ0v) is 9.53. The summed E-state index contributed by atoms with van der Waals surface area (Å²) < 4.78 is 0. The van der Waals surface area contributed by atoms with Crippen LogP contribution in [0, 0.1) is 0 Å². The minimum absolute atomic E-state index is 0.107. The van der Waals surface area contributed by atoms with E-state index in [2.05, 4.69) is 17.1 Å². The highest BCUT2D eigenvalue weighted by molar-refractivity contribution is 6.39. The van der Waals surface area contributed by atoms with Crippen LogP contribution in [-0.2, 0) is 9.59 Å². The molecule has 0 atom stereocenters. The van der Waals surface area contributed by atoms with Crippen molar-refractivity contribution in [3.63, 3.8) is 0 Å². The summed E-state index contributed by atoms with van der Waals surface area (Å²) in [5.41, 5.74) is 2.75. The molecule has 1 heterocycles. The molecule has 1 aliphatic rings. The Bertz CT molecular complexity index is 323. The van der Waals surface area contributed by atoms with Crippen LogP contribution >= 0.6 is 0 Å². The predicted molar refractivity (Wildman–Crippen MR) is 61.9 cm³/mol. The molecule has 1 rings (SSSR count). The minimum atomic E-state index is -0.133. The van der Waals surface area contributed by atoms with Crippen molar-refractivity contribution in [1.29, 1.82) is 0 Å². The van der Waals surface area contributed by atoms with Crippen LogP contribution in [0.3, 0.4) is 0 Å². The standard InChI is InChI=1S/C11H17N3O2/c1-3-4-5-8-14(2)11(16)9-6-7-10(15)13-12-9/h3H,1,4-8H2,2H3,(H,13,15). The molecule has 1 aliphatic heterocycles. The van der Waals surface area contributed by atoms with E-state index in [9.17, 15) is 9.59 Å². The fraction of sp³-hybridized carbons (Fsp3) is 0.545. The highest BCUT2D eigenvalue weighted by atomic mass is 16.2. The Morgan fingerprint density at radius 2 is 2.38 bits per heavy atom. The number of hydrogen-bond acceptors (Lipinski definition) is 3. The molecule has 16 heavy (non-hydrogen) atoms. The summed E-state index contributed by atoms with van der Waals surface area (Å²) in [6, 6.07) is 0. The summed E-state index contributed by atoms with van der Waals surface area (Å²) >= 11 is 0. The van der Waals surface area contributed by atoms with Gasteiger partial charge in [-0.05, 0) is 12.8 Å². The second kappa shape index (κ2) is 6.05. The Balaban J connectivity index is 2.44. The molecule has 1 N–H and O–H groups in total. The fourth-order valence-corrected chi connectivity index (χ4v) is 1.42. The van der Waals surface area contributed by atoms with E-state index in [1.54, 1.807) is 11.9 Å². The van der Waals surface area contributed by atoms with Crippen LogP contribution < -0.4 is 5.43 Å².